The maximum Gasteiger partial charge on any atom is 0.220 e. The number of nitrogen functional groups attached to an aromatic ring is 3. The number of nitrogens with two attached hydrogens (primary N) is 6. The van der Waals surface area contributed by atoms with E-state index >= 15 is 0 Å². The van der Waals surface area contributed by atoms with Crippen LogP contribution in [0, 0.1) is 0 Å². The van der Waals surface area contributed by atoms with Gasteiger partial charge in [-0.25, -0.2) is 0 Å². The minimum atomic E-state index is -0.900. The molecule has 0 fully saturated rings. The van der Waals surface area contributed by atoms with Crippen LogP contribution >= 0.6 is 0 Å². The summed E-state index contributed by atoms with van der Waals surface area (Å²) in [6, 6.07) is 11.6. The number of ketones is 3. The van der Waals surface area contributed by atoms with Crippen molar-refractivity contribution in [3.05, 3.63) is 88.0 Å². The third-order valence-electron chi connectivity index (χ3n) is 12.7. The van der Waals surface area contributed by atoms with Gasteiger partial charge in [0.15, 0.2) is 17.3 Å². The van der Waals surface area contributed by atoms with Gasteiger partial charge >= 0.3 is 0 Å². The molecule has 76 heavy (non-hydrogen) atoms. The van der Waals surface area contributed by atoms with Crippen molar-refractivity contribution in [3.8, 4) is 0 Å². The van der Waals surface area contributed by atoms with E-state index in [1.165, 1.54) is 39.0 Å². The lowest BCUT2D eigenvalue weighted by Gasteiger charge is -2.26. The summed E-state index contributed by atoms with van der Waals surface area (Å²) in [6.45, 7) is 6.24. The Bertz CT molecular complexity index is 2200. The highest BCUT2D eigenvalue weighted by Crippen LogP contribution is 2.41. The molecule has 0 aliphatic carbocycles. The van der Waals surface area contributed by atoms with Gasteiger partial charge in [0.2, 0.25) is 35.4 Å². The topological polar surface area (TPSA) is 382 Å². The molecule has 0 spiro atoms. The van der Waals surface area contributed by atoms with Crippen molar-refractivity contribution in [1.29, 1.82) is 0 Å². The maximum atomic E-state index is 14.2. The summed E-state index contributed by atoms with van der Waals surface area (Å²) in [4.78, 5) is 116. The second kappa shape index (κ2) is 33.6. The fourth-order valence-corrected chi connectivity index (χ4v) is 8.70. The number of hydrogen-bond acceptors (Lipinski definition) is 15. The molecule has 416 valence electrons. The third kappa shape index (κ3) is 21.5. The number of benzene rings is 3. The van der Waals surface area contributed by atoms with Crippen molar-refractivity contribution in [2.75, 3.05) is 56.5 Å². The number of amides is 6. The summed E-state index contributed by atoms with van der Waals surface area (Å²) in [6.07, 6.45) is 5.85. The Kier molecular flexibility index (Phi) is 27.9. The van der Waals surface area contributed by atoms with Gasteiger partial charge in [0.1, 0.15) is 0 Å². The molecule has 3 rings (SSSR count). The molecule has 0 bridgehead atoms. The van der Waals surface area contributed by atoms with Crippen LogP contribution in [-0.2, 0) is 28.8 Å². The second-order valence-corrected chi connectivity index (χ2v) is 19.0. The van der Waals surface area contributed by atoms with Crippen LogP contribution in [-0.4, -0.2) is 110 Å². The lowest BCUT2D eigenvalue weighted by atomic mass is 9.80. The Morgan fingerprint density at radius 1 is 0.395 bits per heavy atom. The summed E-state index contributed by atoms with van der Waals surface area (Å²) < 4.78 is 0. The zero-order valence-electron chi connectivity index (χ0n) is 44.5. The Balaban J connectivity index is 2.14. The smallest absolute Gasteiger partial charge is 0.220 e. The molecule has 3 atom stereocenters. The largest absolute Gasteiger partial charge is 0.398 e. The predicted octanol–water partition coefficient (Wildman–Crippen LogP) is 2.75. The maximum absolute atomic E-state index is 14.2. The van der Waals surface area contributed by atoms with Crippen molar-refractivity contribution < 1.29 is 43.2 Å². The highest BCUT2D eigenvalue weighted by atomic mass is 16.2. The van der Waals surface area contributed by atoms with Gasteiger partial charge in [-0.2, -0.15) is 0 Å². The second-order valence-electron chi connectivity index (χ2n) is 19.0. The molecule has 0 saturated heterocycles. The predicted molar refractivity (Wildman–Crippen MR) is 295 cm³/mol. The number of anilines is 3. The zero-order valence-corrected chi connectivity index (χ0v) is 44.5. The zero-order chi connectivity index (χ0) is 56.2. The first-order chi connectivity index (χ1) is 36.3. The van der Waals surface area contributed by atoms with Gasteiger partial charge in [-0.15, -0.1) is 0 Å². The summed E-state index contributed by atoms with van der Waals surface area (Å²) in [5.41, 5.74) is 40.5. The first kappa shape index (κ1) is 63.1. The number of Topliss-reactive ketones (excluding diaryl/α,β-unsaturated/α-hetero) is 3. The van der Waals surface area contributed by atoms with E-state index in [1.807, 2.05) is 0 Å². The highest BCUT2D eigenvalue weighted by molar-refractivity contribution is 6.04. The molecule has 0 aromatic heterocycles. The summed E-state index contributed by atoms with van der Waals surface area (Å²) >= 11 is 0. The van der Waals surface area contributed by atoms with Crippen LogP contribution in [0.15, 0.2) is 54.6 Å². The Hall–Kier alpha value is -7.23. The first-order valence-corrected chi connectivity index (χ1v) is 26.3. The third-order valence-corrected chi connectivity index (χ3v) is 12.7. The highest BCUT2D eigenvalue weighted by Gasteiger charge is 2.30. The number of carbonyl (C=O) groups excluding carboxylic acids is 9. The van der Waals surface area contributed by atoms with Gasteiger partial charge < -0.3 is 66.3 Å². The van der Waals surface area contributed by atoms with Crippen molar-refractivity contribution in [1.82, 2.24) is 31.9 Å². The lowest BCUT2D eigenvalue weighted by Crippen LogP contribution is -2.41. The van der Waals surface area contributed by atoms with Crippen molar-refractivity contribution in [2.24, 2.45) is 17.2 Å². The molecule has 18 N–H and O–H groups in total. The molecular weight excluding hydrogens is 973 g/mol. The van der Waals surface area contributed by atoms with E-state index in [4.69, 9.17) is 34.4 Å². The van der Waals surface area contributed by atoms with Crippen LogP contribution in [0.2, 0.25) is 0 Å². The molecule has 0 saturated carbocycles. The van der Waals surface area contributed by atoms with E-state index < -0.39 is 24.0 Å². The fraction of sp³-hybridized carbons (Fsp3) is 0.509. The molecule has 0 aliphatic heterocycles. The van der Waals surface area contributed by atoms with E-state index in [0.717, 1.165) is 0 Å². The van der Waals surface area contributed by atoms with Crippen LogP contribution in [0.25, 0.3) is 0 Å². The monoisotopic (exact) mass is 1050 g/mol. The Morgan fingerprint density at radius 2 is 0.658 bits per heavy atom. The van der Waals surface area contributed by atoms with Gasteiger partial charge in [0, 0.05) is 99.3 Å². The molecular formula is C55H82N12O9. The molecule has 6 amide bonds. The summed E-state index contributed by atoms with van der Waals surface area (Å²) in [5.74, 6) is -3.72. The molecule has 0 heterocycles. The van der Waals surface area contributed by atoms with E-state index in [0.29, 0.717) is 133 Å². The number of unbranched alkanes of at least 4 members (excludes halogenated alkanes) is 3. The average Bonchev–Trinajstić information content (AvgIpc) is 3.37. The van der Waals surface area contributed by atoms with Crippen LogP contribution in [0.5, 0.6) is 0 Å². The molecule has 3 aromatic carbocycles. The van der Waals surface area contributed by atoms with Gasteiger partial charge in [-0.1, -0.05) is 36.4 Å². The van der Waals surface area contributed by atoms with Crippen molar-refractivity contribution in [2.45, 2.75) is 141 Å². The number of hydrogen-bond donors (Lipinski definition) is 12. The molecule has 0 aliphatic rings. The van der Waals surface area contributed by atoms with Crippen molar-refractivity contribution >= 4 is 69.9 Å². The number of rotatable bonds is 36. The molecule has 0 radical (unpaired) electrons. The molecule has 0 unspecified atom stereocenters. The van der Waals surface area contributed by atoms with Gasteiger partial charge in [0.05, 0.1) is 18.1 Å². The Labute approximate surface area is 446 Å². The van der Waals surface area contributed by atoms with Crippen LogP contribution in [0.1, 0.15) is 171 Å². The molecule has 21 heteroatoms. The Morgan fingerprint density at radius 3 is 0.882 bits per heavy atom. The summed E-state index contributed by atoms with van der Waals surface area (Å²) in [5, 5.41) is 16.5. The number of carbonyl (C=O) groups is 9. The van der Waals surface area contributed by atoms with Crippen LogP contribution < -0.4 is 66.3 Å². The minimum absolute atomic E-state index is 0.0800. The van der Waals surface area contributed by atoms with E-state index in [-0.39, 0.29) is 106 Å². The molecule has 21 nitrogen and oxygen atoms in total. The first-order valence-electron chi connectivity index (χ1n) is 26.3. The van der Waals surface area contributed by atoms with E-state index in [9.17, 15) is 43.2 Å². The lowest BCUT2D eigenvalue weighted by molar-refractivity contribution is -0.122. The van der Waals surface area contributed by atoms with Crippen LogP contribution in [0.3, 0.4) is 0 Å². The van der Waals surface area contributed by atoms with Gasteiger partial charge in [-0.3, -0.25) is 43.2 Å². The number of nitrogens with one attached hydrogen (secondary N) is 6. The quantitative estimate of drug-likeness (QED) is 0.0172. The van der Waals surface area contributed by atoms with E-state index in [2.05, 4.69) is 31.9 Å². The van der Waals surface area contributed by atoms with E-state index in [1.54, 1.807) is 36.4 Å². The normalized spacial score (nSPS) is 12.2. The van der Waals surface area contributed by atoms with Crippen LogP contribution in [0.4, 0.5) is 17.1 Å². The standard InChI is InChI=1S/C55H82N12O9/c1-34(68)62-28-10-16-49(71)65-46(13-4-7-25-56)53(74)37-19-22-40(43(59)31-37)52(41-23-20-38(32-44(41)60)54(75)47(14-5-8-26-57)66-50(72)17-11-29-63-35(2)69)42-24-21-39(33-45(42)61)55(76)48(15-6-9-27-58)67-51(73)18-12-30-64-36(3)70/h19-24,31-33,46-48,52H,4-18,25-30,56-61H2,1-3H3,(H,62,68)(H,63,69)(H,64,70)(H,65,71)(H,66,72)(H,67,73)/t46-,47-,48-/m1/s1. The fourth-order valence-electron chi connectivity index (χ4n) is 8.70. The van der Waals surface area contributed by atoms with Gasteiger partial charge in [-0.05, 0) is 132 Å². The average molecular weight is 1060 g/mol. The molecule has 3 aromatic rings. The SMILES string of the molecule is CC(=O)NCCCC(=O)N[C@H](CCCCN)C(=O)c1ccc(C(c2ccc(C(=O)[C@@H](CCCCN)NC(=O)CCCNC(C)=O)cc2N)c2ccc(C(=O)[C@@H](CCCCN)NC(=O)CCCNC(C)=O)cc2N)c(N)c1. The summed E-state index contributed by atoms with van der Waals surface area (Å²) in [7, 11) is 0. The minimum Gasteiger partial charge on any atom is -0.398 e. The van der Waals surface area contributed by atoms with Crippen molar-refractivity contribution in [3.63, 3.8) is 0 Å². The van der Waals surface area contributed by atoms with Gasteiger partial charge in [0.25, 0.3) is 0 Å².